The van der Waals surface area contributed by atoms with Gasteiger partial charge < -0.3 is 14.6 Å². The number of rotatable bonds is 6. The summed E-state index contributed by atoms with van der Waals surface area (Å²) in [7, 11) is 0. The molecule has 1 N–H and O–H groups in total. The van der Waals surface area contributed by atoms with Crippen LogP contribution in [0, 0.1) is 5.82 Å². The average molecular weight is 393 g/mol. The average Bonchev–Trinajstić information content (AvgIpc) is 3.36. The van der Waals surface area contributed by atoms with Crippen molar-refractivity contribution >= 4 is 23.2 Å². The molecule has 0 spiro atoms. The monoisotopic (exact) mass is 393 g/mol. The molecule has 0 radical (unpaired) electrons. The molecule has 148 valence electrons. The van der Waals surface area contributed by atoms with Crippen LogP contribution in [-0.2, 0) is 16.0 Å². The maximum absolute atomic E-state index is 13.9. The van der Waals surface area contributed by atoms with Gasteiger partial charge in [-0.05, 0) is 30.7 Å². The van der Waals surface area contributed by atoms with Crippen molar-refractivity contribution in [3.8, 4) is 11.3 Å². The number of oxazole rings is 1. The lowest BCUT2D eigenvalue weighted by Crippen LogP contribution is -2.25. The molecule has 0 aliphatic carbocycles. The van der Waals surface area contributed by atoms with E-state index in [9.17, 15) is 14.0 Å². The zero-order valence-corrected chi connectivity index (χ0v) is 15.7. The second kappa shape index (κ2) is 8.26. The first-order valence-electron chi connectivity index (χ1n) is 9.50. The number of nitrogens with zero attached hydrogens (tertiary/aromatic N) is 2. The predicted molar refractivity (Wildman–Crippen MR) is 107 cm³/mol. The van der Waals surface area contributed by atoms with Crippen LogP contribution in [0.2, 0.25) is 0 Å². The van der Waals surface area contributed by atoms with E-state index in [1.807, 2.05) is 18.2 Å². The maximum Gasteiger partial charge on any atom is 0.227 e. The Morgan fingerprint density at radius 2 is 1.97 bits per heavy atom. The molecule has 1 aliphatic rings. The number of amides is 2. The number of aryl methyl sites for hydroxylation is 1. The van der Waals surface area contributed by atoms with Crippen LogP contribution in [0.4, 0.5) is 15.8 Å². The van der Waals surface area contributed by atoms with Crippen molar-refractivity contribution in [2.45, 2.75) is 25.7 Å². The van der Waals surface area contributed by atoms with Gasteiger partial charge in [0.1, 0.15) is 5.82 Å². The summed E-state index contributed by atoms with van der Waals surface area (Å²) in [5, 5.41) is 2.86. The number of anilines is 2. The van der Waals surface area contributed by atoms with E-state index in [0.717, 1.165) is 6.42 Å². The molecule has 6 nitrogen and oxygen atoms in total. The fraction of sp³-hybridized carbons (Fsp3) is 0.227. The number of nitrogens with one attached hydrogen (secondary N) is 1. The normalized spacial score (nSPS) is 13.7. The van der Waals surface area contributed by atoms with Gasteiger partial charge in [0.2, 0.25) is 11.8 Å². The summed E-state index contributed by atoms with van der Waals surface area (Å²) in [5.74, 6) is 0.153. The summed E-state index contributed by atoms with van der Waals surface area (Å²) in [5.41, 5.74) is 1.65. The van der Waals surface area contributed by atoms with Crippen molar-refractivity contribution in [3.63, 3.8) is 0 Å². The molecule has 0 saturated carbocycles. The lowest BCUT2D eigenvalue weighted by molar-refractivity contribution is -0.117. The van der Waals surface area contributed by atoms with E-state index >= 15 is 0 Å². The van der Waals surface area contributed by atoms with Crippen molar-refractivity contribution < 1.29 is 18.4 Å². The van der Waals surface area contributed by atoms with Gasteiger partial charge in [0, 0.05) is 25.8 Å². The van der Waals surface area contributed by atoms with Crippen LogP contribution in [0.3, 0.4) is 0 Å². The smallest absolute Gasteiger partial charge is 0.227 e. The first-order valence-corrected chi connectivity index (χ1v) is 9.50. The van der Waals surface area contributed by atoms with Gasteiger partial charge in [-0.2, -0.15) is 0 Å². The van der Waals surface area contributed by atoms with Gasteiger partial charge in [-0.1, -0.05) is 24.3 Å². The first-order chi connectivity index (χ1) is 14.1. The second-order valence-corrected chi connectivity index (χ2v) is 6.81. The molecule has 1 aliphatic heterocycles. The first kappa shape index (κ1) is 18.9. The van der Waals surface area contributed by atoms with Crippen molar-refractivity contribution in [2.75, 3.05) is 16.8 Å². The zero-order chi connectivity index (χ0) is 20.2. The highest BCUT2D eigenvalue weighted by molar-refractivity contribution is 6.02. The zero-order valence-electron chi connectivity index (χ0n) is 15.7. The van der Waals surface area contributed by atoms with Crippen LogP contribution >= 0.6 is 0 Å². The van der Waals surface area contributed by atoms with Gasteiger partial charge >= 0.3 is 0 Å². The molecule has 1 aromatic heterocycles. The number of hydrogen-bond donors (Lipinski definition) is 1. The predicted octanol–water partition coefficient (Wildman–Crippen LogP) is 4.18. The summed E-state index contributed by atoms with van der Waals surface area (Å²) in [6, 6.07) is 13.6. The van der Waals surface area contributed by atoms with Crippen LogP contribution in [0.25, 0.3) is 11.3 Å². The molecule has 4 rings (SSSR count). The molecule has 3 aromatic rings. The van der Waals surface area contributed by atoms with E-state index in [-0.39, 0.29) is 30.5 Å². The third-order valence-corrected chi connectivity index (χ3v) is 4.80. The van der Waals surface area contributed by atoms with Crippen LogP contribution in [0.5, 0.6) is 0 Å². The number of halogens is 1. The van der Waals surface area contributed by atoms with Gasteiger partial charge in [0.15, 0.2) is 11.7 Å². The SMILES string of the molecule is O=C(CCc1ncc(-c2ccccc2F)o1)Nc1ccccc1N1CCCC1=O. The largest absolute Gasteiger partial charge is 0.441 e. The second-order valence-electron chi connectivity index (χ2n) is 6.81. The fourth-order valence-corrected chi connectivity index (χ4v) is 3.36. The number of benzene rings is 2. The number of aromatic nitrogens is 1. The summed E-state index contributed by atoms with van der Waals surface area (Å²) >= 11 is 0. The van der Waals surface area contributed by atoms with Crippen LogP contribution in [0.1, 0.15) is 25.2 Å². The molecule has 7 heteroatoms. The van der Waals surface area contributed by atoms with E-state index < -0.39 is 0 Å². The standard InChI is InChI=1S/C22H20FN3O3/c23-16-7-2-1-6-15(16)19-14-24-21(29-19)12-11-20(27)25-17-8-3-4-9-18(17)26-13-5-10-22(26)28/h1-4,6-9,14H,5,10-13H2,(H,25,27). The Kier molecular flexibility index (Phi) is 5.37. The molecule has 0 unspecified atom stereocenters. The summed E-state index contributed by atoms with van der Waals surface area (Å²) in [6.45, 7) is 0.654. The minimum absolute atomic E-state index is 0.0622. The van der Waals surface area contributed by atoms with Crippen LogP contribution in [0.15, 0.2) is 59.1 Å². The number of para-hydroxylation sites is 2. The van der Waals surface area contributed by atoms with Gasteiger partial charge in [-0.3, -0.25) is 9.59 Å². The number of hydrogen-bond acceptors (Lipinski definition) is 4. The molecule has 1 fully saturated rings. The minimum atomic E-state index is -0.388. The molecule has 2 heterocycles. The molecule has 0 bridgehead atoms. The topological polar surface area (TPSA) is 75.4 Å². The Labute approximate surface area is 167 Å². The molecule has 2 aromatic carbocycles. The van der Waals surface area contributed by atoms with Crippen LogP contribution in [-0.4, -0.2) is 23.3 Å². The number of carbonyl (C=O) groups is 2. The van der Waals surface area contributed by atoms with Crippen molar-refractivity contribution in [3.05, 3.63) is 66.4 Å². The lowest BCUT2D eigenvalue weighted by atomic mass is 10.2. The molecule has 0 atom stereocenters. The van der Waals surface area contributed by atoms with Gasteiger partial charge in [-0.25, -0.2) is 9.37 Å². The van der Waals surface area contributed by atoms with E-state index in [4.69, 9.17) is 4.42 Å². The Bertz CT molecular complexity index is 1050. The maximum atomic E-state index is 13.9. The highest BCUT2D eigenvalue weighted by Crippen LogP contribution is 2.29. The highest BCUT2D eigenvalue weighted by Gasteiger charge is 2.24. The van der Waals surface area contributed by atoms with E-state index in [1.54, 1.807) is 29.2 Å². The highest BCUT2D eigenvalue weighted by atomic mass is 19.1. The number of carbonyl (C=O) groups excluding carboxylic acids is 2. The van der Waals surface area contributed by atoms with Crippen molar-refractivity contribution in [1.82, 2.24) is 4.98 Å². The van der Waals surface area contributed by atoms with Crippen molar-refractivity contribution in [2.24, 2.45) is 0 Å². The van der Waals surface area contributed by atoms with E-state index in [0.29, 0.717) is 41.6 Å². The molecule has 1 saturated heterocycles. The van der Waals surface area contributed by atoms with Gasteiger partial charge in [0.05, 0.1) is 23.1 Å². The molecule has 2 amide bonds. The summed E-state index contributed by atoms with van der Waals surface area (Å²) in [6.07, 6.45) is 3.23. The Morgan fingerprint density at radius 1 is 1.17 bits per heavy atom. The molecular weight excluding hydrogens is 373 g/mol. The third kappa shape index (κ3) is 4.18. The minimum Gasteiger partial charge on any atom is -0.441 e. The Balaban J connectivity index is 1.39. The summed E-state index contributed by atoms with van der Waals surface area (Å²) < 4.78 is 19.4. The fourth-order valence-electron chi connectivity index (χ4n) is 3.36. The lowest BCUT2D eigenvalue weighted by Gasteiger charge is -2.19. The van der Waals surface area contributed by atoms with Gasteiger partial charge in [0.25, 0.3) is 0 Å². The van der Waals surface area contributed by atoms with E-state index in [2.05, 4.69) is 10.3 Å². The quantitative estimate of drug-likeness (QED) is 0.682. The van der Waals surface area contributed by atoms with E-state index in [1.165, 1.54) is 12.3 Å². The Morgan fingerprint density at radius 3 is 2.76 bits per heavy atom. The Hall–Kier alpha value is -3.48. The summed E-state index contributed by atoms with van der Waals surface area (Å²) in [4.78, 5) is 30.3. The van der Waals surface area contributed by atoms with Crippen molar-refractivity contribution in [1.29, 1.82) is 0 Å². The third-order valence-electron chi connectivity index (χ3n) is 4.80. The van der Waals surface area contributed by atoms with Crippen LogP contribution < -0.4 is 10.2 Å². The molecule has 29 heavy (non-hydrogen) atoms. The molecular formula is C22H20FN3O3. The van der Waals surface area contributed by atoms with Gasteiger partial charge in [-0.15, -0.1) is 0 Å².